The second kappa shape index (κ2) is 6.98. The predicted molar refractivity (Wildman–Crippen MR) is 101 cm³/mol. The molecule has 2 atom stereocenters. The highest BCUT2D eigenvalue weighted by atomic mass is 19.4. The van der Waals surface area contributed by atoms with Crippen molar-refractivity contribution in [3.8, 4) is 0 Å². The Morgan fingerprint density at radius 1 is 1.28 bits per heavy atom. The molecular formula is C20H19F3N4O2. The van der Waals surface area contributed by atoms with E-state index >= 15 is 0 Å². The second-order valence-electron chi connectivity index (χ2n) is 7.07. The lowest BCUT2D eigenvalue weighted by Crippen LogP contribution is -2.35. The van der Waals surface area contributed by atoms with Gasteiger partial charge in [-0.2, -0.15) is 18.3 Å². The first-order valence-corrected chi connectivity index (χ1v) is 9.08. The number of carbonyl (C=O) groups is 1. The lowest BCUT2D eigenvalue weighted by molar-refractivity contribution is -0.174. The predicted octanol–water partition coefficient (Wildman–Crippen LogP) is 5.01. The number of anilines is 2. The van der Waals surface area contributed by atoms with E-state index in [-0.39, 0.29) is 17.9 Å². The molecule has 0 radical (unpaired) electrons. The number of alkyl halides is 3. The summed E-state index contributed by atoms with van der Waals surface area (Å²) in [4.78, 5) is 12.6. The van der Waals surface area contributed by atoms with Crippen molar-refractivity contribution in [2.24, 2.45) is 0 Å². The number of fused-ring (bicyclic) bond motifs is 1. The molecule has 3 aromatic rings. The molecule has 1 aliphatic rings. The Morgan fingerprint density at radius 3 is 2.76 bits per heavy atom. The normalized spacial score (nSPS) is 18.8. The van der Waals surface area contributed by atoms with Gasteiger partial charge in [0.2, 0.25) is 0 Å². The van der Waals surface area contributed by atoms with Gasteiger partial charge in [-0.25, -0.2) is 4.68 Å². The summed E-state index contributed by atoms with van der Waals surface area (Å²) < 4.78 is 47.1. The van der Waals surface area contributed by atoms with Gasteiger partial charge in [0.25, 0.3) is 5.91 Å². The van der Waals surface area contributed by atoms with E-state index in [2.05, 4.69) is 15.7 Å². The molecule has 152 valence electrons. The standard InChI is InChI=1S/C20H19F3N4O2/c1-11-5-3-6-13(12(11)2)25-19(28)15-10-18-24-14(16-7-4-8-29-16)9-17(20(21,22)23)27(18)26-15/h3-8,10,14,17,24H,9H2,1-2H3,(H,25,28)/t14-,17-/m1/s1. The second-order valence-corrected chi connectivity index (χ2v) is 7.07. The summed E-state index contributed by atoms with van der Waals surface area (Å²) in [5, 5.41) is 9.67. The Balaban J connectivity index is 1.65. The van der Waals surface area contributed by atoms with Crippen molar-refractivity contribution < 1.29 is 22.4 Å². The molecule has 0 fully saturated rings. The monoisotopic (exact) mass is 404 g/mol. The number of aryl methyl sites for hydroxylation is 1. The molecule has 9 heteroatoms. The fraction of sp³-hybridized carbons (Fsp3) is 0.300. The minimum Gasteiger partial charge on any atom is -0.467 e. The minimum absolute atomic E-state index is 0.0947. The number of furan rings is 1. The summed E-state index contributed by atoms with van der Waals surface area (Å²) in [5.41, 5.74) is 2.37. The van der Waals surface area contributed by atoms with Gasteiger partial charge >= 0.3 is 6.18 Å². The van der Waals surface area contributed by atoms with Crippen LogP contribution in [0.2, 0.25) is 0 Å². The Labute approximate surface area is 164 Å². The van der Waals surface area contributed by atoms with Crippen LogP contribution in [0.3, 0.4) is 0 Å². The van der Waals surface area contributed by atoms with Gasteiger partial charge in [0.05, 0.1) is 12.3 Å². The summed E-state index contributed by atoms with van der Waals surface area (Å²) in [6, 6.07) is 7.47. The van der Waals surface area contributed by atoms with Crippen LogP contribution < -0.4 is 10.6 Å². The summed E-state index contributed by atoms with van der Waals surface area (Å²) in [6.45, 7) is 3.77. The van der Waals surface area contributed by atoms with Gasteiger partial charge in [-0.05, 0) is 43.2 Å². The quantitative estimate of drug-likeness (QED) is 0.644. The number of rotatable bonds is 3. The molecule has 1 amide bonds. The van der Waals surface area contributed by atoms with Crippen LogP contribution in [0.25, 0.3) is 0 Å². The van der Waals surface area contributed by atoms with Crippen molar-refractivity contribution in [3.05, 3.63) is 65.2 Å². The molecule has 2 N–H and O–H groups in total. The highest BCUT2D eigenvalue weighted by molar-refractivity contribution is 6.03. The lowest BCUT2D eigenvalue weighted by atomic mass is 10.0. The van der Waals surface area contributed by atoms with Gasteiger partial charge in [-0.1, -0.05) is 12.1 Å². The molecule has 0 saturated carbocycles. The van der Waals surface area contributed by atoms with Crippen LogP contribution in [0.5, 0.6) is 0 Å². The highest BCUT2D eigenvalue weighted by Crippen LogP contribution is 2.43. The van der Waals surface area contributed by atoms with E-state index in [1.807, 2.05) is 19.9 Å². The van der Waals surface area contributed by atoms with Crippen molar-refractivity contribution in [3.63, 3.8) is 0 Å². The number of aromatic nitrogens is 2. The van der Waals surface area contributed by atoms with Crippen molar-refractivity contribution in [2.45, 2.75) is 38.5 Å². The topological polar surface area (TPSA) is 72.1 Å². The van der Waals surface area contributed by atoms with Gasteiger partial charge in [0.1, 0.15) is 11.6 Å². The van der Waals surface area contributed by atoms with Crippen LogP contribution in [0.15, 0.2) is 47.1 Å². The first kappa shape index (κ1) is 19.1. The molecule has 0 aliphatic carbocycles. The molecule has 6 nitrogen and oxygen atoms in total. The van der Waals surface area contributed by atoms with Gasteiger partial charge in [-0.15, -0.1) is 0 Å². The molecule has 2 aromatic heterocycles. The third-order valence-electron chi connectivity index (χ3n) is 5.16. The molecule has 29 heavy (non-hydrogen) atoms. The van der Waals surface area contributed by atoms with Crippen molar-refractivity contribution in [1.29, 1.82) is 0 Å². The van der Waals surface area contributed by atoms with Crippen molar-refractivity contribution in [1.82, 2.24) is 9.78 Å². The zero-order chi connectivity index (χ0) is 20.8. The molecule has 0 unspecified atom stereocenters. The van der Waals surface area contributed by atoms with Gasteiger partial charge in [0.15, 0.2) is 11.7 Å². The van der Waals surface area contributed by atoms with Crippen LogP contribution in [0.4, 0.5) is 24.7 Å². The smallest absolute Gasteiger partial charge is 0.410 e. The number of carbonyl (C=O) groups excluding carboxylic acids is 1. The van der Waals surface area contributed by atoms with E-state index in [4.69, 9.17) is 4.42 Å². The maximum absolute atomic E-state index is 13.7. The minimum atomic E-state index is -4.52. The largest absolute Gasteiger partial charge is 0.467 e. The summed E-state index contributed by atoms with van der Waals surface area (Å²) in [7, 11) is 0. The van der Waals surface area contributed by atoms with Crippen LogP contribution in [0, 0.1) is 13.8 Å². The van der Waals surface area contributed by atoms with Gasteiger partial charge < -0.3 is 15.1 Å². The molecule has 1 aromatic carbocycles. The Hall–Kier alpha value is -3.23. The number of hydrogen-bond donors (Lipinski definition) is 2. The zero-order valence-corrected chi connectivity index (χ0v) is 15.7. The fourth-order valence-corrected chi connectivity index (χ4v) is 3.43. The van der Waals surface area contributed by atoms with Crippen LogP contribution in [0.1, 0.15) is 45.9 Å². The van der Waals surface area contributed by atoms with Gasteiger partial charge in [0, 0.05) is 18.2 Å². The molecular weight excluding hydrogens is 385 g/mol. The van der Waals surface area contributed by atoms with Crippen LogP contribution in [-0.2, 0) is 0 Å². The summed E-state index contributed by atoms with van der Waals surface area (Å²) in [5.74, 6) is -0.0583. The van der Waals surface area contributed by atoms with E-state index in [1.165, 1.54) is 12.3 Å². The molecule has 4 rings (SSSR count). The SMILES string of the molecule is Cc1cccc(NC(=O)c2cc3n(n2)[C@@H](C(F)(F)F)C[C@H](c2ccco2)N3)c1C. The summed E-state index contributed by atoms with van der Waals surface area (Å²) >= 11 is 0. The van der Waals surface area contributed by atoms with Crippen LogP contribution >= 0.6 is 0 Å². The van der Waals surface area contributed by atoms with E-state index in [1.54, 1.807) is 24.3 Å². The molecule has 0 spiro atoms. The molecule has 1 aliphatic heterocycles. The van der Waals surface area contributed by atoms with E-state index in [0.717, 1.165) is 15.8 Å². The van der Waals surface area contributed by atoms with Gasteiger partial charge in [-0.3, -0.25) is 4.79 Å². The van der Waals surface area contributed by atoms with E-state index < -0.39 is 24.2 Å². The first-order chi connectivity index (χ1) is 13.7. The number of nitrogens with one attached hydrogen (secondary N) is 2. The molecule has 0 bridgehead atoms. The molecule has 3 heterocycles. The zero-order valence-electron chi connectivity index (χ0n) is 15.7. The molecule has 0 saturated heterocycles. The first-order valence-electron chi connectivity index (χ1n) is 9.08. The Bertz CT molecular complexity index is 1040. The fourth-order valence-electron chi connectivity index (χ4n) is 3.43. The van der Waals surface area contributed by atoms with Crippen molar-refractivity contribution >= 4 is 17.4 Å². The number of halogens is 3. The Morgan fingerprint density at radius 2 is 2.07 bits per heavy atom. The maximum atomic E-state index is 13.7. The third kappa shape index (κ3) is 3.59. The number of hydrogen-bond acceptors (Lipinski definition) is 4. The van der Waals surface area contributed by atoms with E-state index in [9.17, 15) is 18.0 Å². The summed E-state index contributed by atoms with van der Waals surface area (Å²) in [6.07, 6.45) is -3.40. The average molecular weight is 404 g/mol. The third-order valence-corrected chi connectivity index (χ3v) is 5.16. The number of amides is 1. The van der Waals surface area contributed by atoms with Crippen molar-refractivity contribution in [2.75, 3.05) is 10.6 Å². The number of nitrogens with zero attached hydrogens (tertiary/aromatic N) is 2. The van der Waals surface area contributed by atoms with E-state index in [0.29, 0.717) is 11.4 Å². The average Bonchev–Trinajstić information content (AvgIpc) is 3.33. The van der Waals surface area contributed by atoms with Crippen LogP contribution in [-0.4, -0.2) is 21.9 Å². The maximum Gasteiger partial charge on any atom is 0.410 e. The Kier molecular flexibility index (Phi) is 4.60. The number of benzene rings is 1. The lowest BCUT2D eigenvalue weighted by Gasteiger charge is -2.32. The highest BCUT2D eigenvalue weighted by Gasteiger charge is 2.47.